The molecule has 3 fully saturated rings. The molecule has 2 aromatic rings. The summed E-state index contributed by atoms with van der Waals surface area (Å²) >= 11 is 0. The number of nitrogens with zero attached hydrogens (tertiary/aromatic N) is 2. The van der Waals surface area contributed by atoms with Crippen molar-refractivity contribution in [2.24, 2.45) is 11.8 Å². The molecule has 9 unspecified atom stereocenters. The molecule has 7 N–H and O–H groups in total. The Kier molecular flexibility index (Phi) is 9.96. The Balaban J connectivity index is 0.000000251. The van der Waals surface area contributed by atoms with Crippen LogP contribution in [-0.2, 0) is 4.79 Å². The van der Waals surface area contributed by atoms with Crippen molar-refractivity contribution in [2.45, 2.75) is 49.4 Å². The number of benzene rings is 1. The van der Waals surface area contributed by atoms with Crippen molar-refractivity contribution in [3.63, 3.8) is 0 Å². The van der Waals surface area contributed by atoms with Crippen molar-refractivity contribution in [1.29, 1.82) is 0 Å². The lowest BCUT2D eigenvalue weighted by atomic mass is 9.73. The lowest BCUT2D eigenvalue weighted by molar-refractivity contribution is -0.164. The maximum absolute atomic E-state index is 11.2. The molecule has 11 nitrogen and oxygen atoms in total. The molecule has 3 aliphatic rings. The predicted molar refractivity (Wildman–Crippen MR) is 134 cm³/mol. The fraction of sp³-hybridized carbons (Fsp3) is 0.538. The number of carboxylic acids is 1. The van der Waals surface area contributed by atoms with Gasteiger partial charge in [0.2, 0.25) is 0 Å². The van der Waals surface area contributed by atoms with Crippen LogP contribution in [0.25, 0.3) is 10.9 Å². The van der Waals surface area contributed by atoms with Gasteiger partial charge in [-0.2, -0.15) is 0 Å². The van der Waals surface area contributed by atoms with Gasteiger partial charge in [0.25, 0.3) is 0 Å². The zero-order chi connectivity index (χ0) is 27.3. The van der Waals surface area contributed by atoms with Gasteiger partial charge in [-0.05, 0) is 61.1 Å². The number of aliphatic carboxylic acids is 1. The number of aliphatic hydroxyl groups is 6. The van der Waals surface area contributed by atoms with E-state index in [1.54, 1.807) is 13.3 Å². The Morgan fingerprint density at radius 3 is 2.51 bits per heavy atom. The molecule has 0 amide bonds. The SMILES string of the molecule is C=CC1CN2CCC1CC2C(O)c1ccnc2ccc(OC)cc12.O=C(O)C(O)C(O)C(O)C(O)CO. The number of aliphatic hydroxyl groups excluding tert-OH is 6. The fourth-order valence-corrected chi connectivity index (χ4v) is 5.11. The van der Waals surface area contributed by atoms with Crippen LogP contribution in [0.5, 0.6) is 5.75 Å². The topological polar surface area (TPSA) is 184 Å². The number of aromatic nitrogens is 1. The van der Waals surface area contributed by atoms with Crippen LogP contribution in [0.15, 0.2) is 43.1 Å². The number of hydrogen-bond donors (Lipinski definition) is 7. The van der Waals surface area contributed by atoms with Gasteiger partial charge in [0, 0.05) is 24.2 Å². The van der Waals surface area contributed by atoms with Crippen LogP contribution >= 0.6 is 0 Å². The molecular weight excluding hydrogens is 484 g/mol. The third-order valence-corrected chi connectivity index (χ3v) is 7.33. The van der Waals surface area contributed by atoms with Crippen LogP contribution in [0.2, 0.25) is 0 Å². The first-order chi connectivity index (χ1) is 17.6. The minimum Gasteiger partial charge on any atom is -0.497 e. The van der Waals surface area contributed by atoms with Gasteiger partial charge >= 0.3 is 5.97 Å². The standard InChI is InChI=1S/C20H24N2O2.C6H12O7/c1-3-13-12-22-9-7-14(13)10-19(22)20(23)16-6-8-21-18-5-4-15(24-2)11-17(16)18;7-1-2(8)3(9)4(10)5(11)6(12)13/h3-6,8,11,13-14,19-20,23H,1,7,9-10,12H2,2H3;2-5,7-11H,1H2,(H,12,13). The predicted octanol–water partition coefficient (Wildman–Crippen LogP) is -0.320. The molecule has 3 aliphatic heterocycles. The van der Waals surface area contributed by atoms with E-state index >= 15 is 0 Å². The summed E-state index contributed by atoms with van der Waals surface area (Å²) < 4.78 is 5.35. The Morgan fingerprint density at radius 2 is 1.95 bits per heavy atom. The average Bonchev–Trinajstić information content (AvgIpc) is 2.94. The number of piperidine rings is 3. The molecule has 4 heterocycles. The summed E-state index contributed by atoms with van der Waals surface area (Å²) in [5, 5.41) is 63.9. The number of carbonyl (C=O) groups is 1. The molecule has 3 saturated heterocycles. The third kappa shape index (κ3) is 6.44. The molecule has 2 bridgehead atoms. The van der Waals surface area contributed by atoms with E-state index in [1.165, 1.54) is 6.42 Å². The maximum atomic E-state index is 11.2. The van der Waals surface area contributed by atoms with Crippen molar-refractivity contribution < 1.29 is 45.3 Å². The molecule has 5 rings (SSSR count). The van der Waals surface area contributed by atoms with E-state index < -0.39 is 43.1 Å². The van der Waals surface area contributed by atoms with Crippen molar-refractivity contribution in [2.75, 3.05) is 26.8 Å². The second-order valence-corrected chi connectivity index (χ2v) is 9.49. The summed E-state index contributed by atoms with van der Waals surface area (Å²) in [7, 11) is 1.66. The number of carboxylic acid groups (broad SMARTS) is 1. The number of rotatable bonds is 9. The van der Waals surface area contributed by atoms with Gasteiger partial charge in [0.05, 0.1) is 25.3 Å². The first-order valence-electron chi connectivity index (χ1n) is 12.2. The van der Waals surface area contributed by atoms with Crippen molar-refractivity contribution in [1.82, 2.24) is 9.88 Å². The molecule has 1 aromatic heterocycles. The Bertz CT molecular complexity index is 1070. The van der Waals surface area contributed by atoms with E-state index in [4.69, 9.17) is 35.4 Å². The van der Waals surface area contributed by atoms with E-state index in [9.17, 15) is 9.90 Å². The molecule has 0 spiro atoms. The zero-order valence-electron chi connectivity index (χ0n) is 20.7. The van der Waals surface area contributed by atoms with Gasteiger partial charge in [0.15, 0.2) is 6.10 Å². The number of methoxy groups -OCH3 is 1. The Labute approximate surface area is 214 Å². The summed E-state index contributed by atoms with van der Waals surface area (Å²) in [6.07, 6.45) is -2.22. The van der Waals surface area contributed by atoms with Crippen LogP contribution in [0, 0.1) is 11.8 Å². The molecule has 11 heteroatoms. The monoisotopic (exact) mass is 520 g/mol. The molecule has 1 aromatic carbocycles. The summed E-state index contributed by atoms with van der Waals surface area (Å²) in [5.41, 5.74) is 1.85. The summed E-state index contributed by atoms with van der Waals surface area (Å²) in [5.74, 6) is 0.282. The van der Waals surface area contributed by atoms with Gasteiger partial charge in [0.1, 0.15) is 24.1 Å². The first kappa shape index (κ1) is 28.9. The number of fused-ring (bicyclic) bond motifs is 4. The molecule has 9 atom stereocenters. The van der Waals surface area contributed by atoms with E-state index in [0.29, 0.717) is 11.8 Å². The fourth-order valence-electron chi connectivity index (χ4n) is 5.11. The van der Waals surface area contributed by atoms with Gasteiger partial charge in [-0.25, -0.2) is 4.79 Å². The second-order valence-electron chi connectivity index (χ2n) is 9.49. The van der Waals surface area contributed by atoms with Crippen LogP contribution in [0.3, 0.4) is 0 Å². The van der Waals surface area contributed by atoms with Crippen LogP contribution in [-0.4, -0.2) is 109 Å². The van der Waals surface area contributed by atoms with Crippen LogP contribution in [0.1, 0.15) is 24.5 Å². The van der Waals surface area contributed by atoms with E-state index in [1.807, 2.05) is 24.3 Å². The van der Waals surface area contributed by atoms with Crippen LogP contribution < -0.4 is 4.74 Å². The zero-order valence-corrected chi connectivity index (χ0v) is 20.7. The van der Waals surface area contributed by atoms with Crippen molar-refractivity contribution >= 4 is 16.9 Å². The van der Waals surface area contributed by atoms with E-state index in [0.717, 1.165) is 41.7 Å². The molecule has 37 heavy (non-hydrogen) atoms. The number of pyridine rings is 1. The molecule has 0 radical (unpaired) electrons. The Hall–Kier alpha value is -2.64. The lowest BCUT2D eigenvalue weighted by Crippen LogP contribution is -2.54. The van der Waals surface area contributed by atoms with Crippen molar-refractivity contribution in [3.05, 3.63) is 48.7 Å². The highest BCUT2D eigenvalue weighted by molar-refractivity contribution is 5.84. The lowest BCUT2D eigenvalue weighted by Gasteiger charge is -2.50. The van der Waals surface area contributed by atoms with Crippen LogP contribution in [0.4, 0.5) is 0 Å². The number of hydrogen-bond acceptors (Lipinski definition) is 10. The molecule has 0 saturated carbocycles. The van der Waals surface area contributed by atoms with Crippen molar-refractivity contribution in [3.8, 4) is 5.75 Å². The second kappa shape index (κ2) is 12.7. The Morgan fingerprint density at radius 1 is 1.22 bits per heavy atom. The number of ether oxygens (including phenoxy) is 1. The minimum atomic E-state index is -2.20. The average molecular weight is 521 g/mol. The summed E-state index contributed by atoms with van der Waals surface area (Å²) in [6, 6.07) is 7.96. The molecule has 0 aliphatic carbocycles. The van der Waals surface area contributed by atoms with Gasteiger partial charge in [-0.15, -0.1) is 6.58 Å². The quantitative estimate of drug-likeness (QED) is 0.215. The van der Waals surface area contributed by atoms with E-state index in [2.05, 4.69) is 22.5 Å². The smallest absolute Gasteiger partial charge is 0.335 e. The normalized spacial score (nSPS) is 26.8. The van der Waals surface area contributed by atoms with E-state index in [-0.39, 0.29) is 6.04 Å². The third-order valence-electron chi connectivity index (χ3n) is 7.33. The summed E-state index contributed by atoms with van der Waals surface area (Å²) in [4.78, 5) is 16.9. The van der Waals surface area contributed by atoms with Gasteiger partial charge in [-0.3, -0.25) is 9.88 Å². The van der Waals surface area contributed by atoms with Gasteiger partial charge < -0.3 is 40.5 Å². The highest BCUT2D eigenvalue weighted by Gasteiger charge is 2.42. The highest BCUT2D eigenvalue weighted by Crippen LogP contribution is 2.42. The minimum absolute atomic E-state index is 0.178. The summed E-state index contributed by atoms with van der Waals surface area (Å²) in [6.45, 7) is 5.23. The van der Waals surface area contributed by atoms with Gasteiger partial charge in [-0.1, -0.05) is 6.08 Å². The molecule has 204 valence electrons. The maximum Gasteiger partial charge on any atom is 0.335 e. The first-order valence-corrected chi connectivity index (χ1v) is 12.2. The highest BCUT2D eigenvalue weighted by atomic mass is 16.5. The molecular formula is C26H36N2O9. The largest absolute Gasteiger partial charge is 0.497 e.